The Hall–Kier alpha value is -2.34. The molecule has 144 valence electrons. The molecule has 2 aromatic heterocycles. The molecular formula is C21H28N4O2. The highest BCUT2D eigenvalue weighted by molar-refractivity contribution is 5.95. The van der Waals surface area contributed by atoms with Gasteiger partial charge in [-0.05, 0) is 43.9 Å². The topological polar surface area (TPSA) is 52.8 Å². The van der Waals surface area contributed by atoms with Crippen LogP contribution in [0.2, 0.25) is 0 Å². The van der Waals surface area contributed by atoms with Gasteiger partial charge in [0.2, 0.25) is 0 Å². The second kappa shape index (κ2) is 8.13. The Balaban J connectivity index is 1.29. The molecule has 2 fully saturated rings. The Bertz CT molecular complexity index is 753. The van der Waals surface area contributed by atoms with Crippen LogP contribution >= 0.6 is 0 Å². The largest absolute Gasteiger partial charge is 0.469 e. The van der Waals surface area contributed by atoms with E-state index in [0.717, 1.165) is 58.1 Å². The summed E-state index contributed by atoms with van der Waals surface area (Å²) in [5, 5.41) is 0. The first-order valence-electron chi connectivity index (χ1n) is 9.92. The van der Waals surface area contributed by atoms with E-state index in [0.29, 0.717) is 17.2 Å². The zero-order valence-corrected chi connectivity index (χ0v) is 16.0. The number of aromatic nitrogens is 1. The predicted molar refractivity (Wildman–Crippen MR) is 105 cm³/mol. The molecule has 2 aliphatic rings. The van der Waals surface area contributed by atoms with Crippen molar-refractivity contribution in [2.24, 2.45) is 5.92 Å². The van der Waals surface area contributed by atoms with Gasteiger partial charge in [-0.25, -0.2) is 4.98 Å². The summed E-state index contributed by atoms with van der Waals surface area (Å²) in [6.45, 7) is 8.78. The fourth-order valence-electron chi connectivity index (χ4n) is 4.24. The summed E-state index contributed by atoms with van der Waals surface area (Å²) in [7, 11) is 0. The van der Waals surface area contributed by atoms with E-state index >= 15 is 0 Å². The van der Waals surface area contributed by atoms with Gasteiger partial charge in [0.25, 0.3) is 5.91 Å². The van der Waals surface area contributed by atoms with Gasteiger partial charge in [0.05, 0.1) is 11.8 Å². The minimum atomic E-state index is 0.117. The van der Waals surface area contributed by atoms with Gasteiger partial charge in [0.15, 0.2) is 0 Å². The molecule has 4 rings (SSSR count). The first-order valence-corrected chi connectivity index (χ1v) is 9.92. The highest BCUT2D eigenvalue weighted by Gasteiger charge is 2.28. The van der Waals surface area contributed by atoms with Gasteiger partial charge in [-0.3, -0.25) is 9.69 Å². The van der Waals surface area contributed by atoms with Gasteiger partial charge in [0, 0.05) is 52.0 Å². The number of hydrogen-bond donors (Lipinski definition) is 0. The maximum atomic E-state index is 12.8. The smallest absolute Gasteiger partial charge is 0.257 e. The number of carbonyl (C=O) groups is 1. The number of furan rings is 1. The van der Waals surface area contributed by atoms with E-state index in [9.17, 15) is 4.79 Å². The Morgan fingerprint density at radius 1 is 1.19 bits per heavy atom. The second-order valence-electron chi connectivity index (χ2n) is 7.63. The predicted octanol–water partition coefficient (Wildman–Crippen LogP) is 2.66. The van der Waals surface area contributed by atoms with Crippen LogP contribution < -0.4 is 4.90 Å². The average molecular weight is 368 g/mol. The number of likely N-dealkylation sites (tertiary alicyclic amines) is 1. The van der Waals surface area contributed by atoms with E-state index in [-0.39, 0.29) is 5.91 Å². The van der Waals surface area contributed by atoms with Crippen LogP contribution in [0.3, 0.4) is 0 Å². The number of anilines is 1. The monoisotopic (exact) mass is 368 g/mol. The first kappa shape index (κ1) is 18.0. The summed E-state index contributed by atoms with van der Waals surface area (Å²) in [6, 6.07) is 7.88. The van der Waals surface area contributed by atoms with Gasteiger partial charge >= 0.3 is 0 Å². The molecular weight excluding hydrogens is 340 g/mol. The van der Waals surface area contributed by atoms with Crippen molar-refractivity contribution in [3.05, 3.63) is 48.0 Å². The van der Waals surface area contributed by atoms with E-state index in [1.807, 2.05) is 30.2 Å². The van der Waals surface area contributed by atoms with Crippen LogP contribution in [0, 0.1) is 12.8 Å². The lowest BCUT2D eigenvalue weighted by molar-refractivity contribution is 0.0635. The molecule has 0 radical (unpaired) electrons. The van der Waals surface area contributed by atoms with Gasteiger partial charge < -0.3 is 14.2 Å². The molecule has 1 amide bonds. The molecule has 2 aromatic rings. The maximum Gasteiger partial charge on any atom is 0.257 e. The molecule has 0 saturated carbocycles. The van der Waals surface area contributed by atoms with Crippen LogP contribution in [-0.4, -0.2) is 66.5 Å². The molecule has 27 heavy (non-hydrogen) atoms. The zero-order chi connectivity index (χ0) is 18.6. The van der Waals surface area contributed by atoms with Crippen molar-refractivity contribution < 1.29 is 9.21 Å². The third-order valence-corrected chi connectivity index (χ3v) is 5.76. The van der Waals surface area contributed by atoms with Crippen molar-refractivity contribution in [1.29, 1.82) is 0 Å². The number of aryl methyl sites for hydroxylation is 1. The number of nitrogens with zero attached hydrogens (tertiary/aromatic N) is 4. The molecule has 2 saturated heterocycles. The van der Waals surface area contributed by atoms with Crippen molar-refractivity contribution in [3.63, 3.8) is 0 Å². The number of carbonyl (C=O) groups excluding carboxylic acids is 1. The molecule has 6 heteroatoms. The van der Waals surface area contributed by atoms with Crippen LogP contribution in [0.4, 0.5) is 5.82 Å². The van der Waals surface area contributed by atoms with Gasteiger partial charge in [-0.2, -0.15) is 0 Å². The molecule has 0 spiro atoms. The van der Waals surface area contributed by atoms with Crippen LogP contribution in [0.5, 0.6) is 0 Å². The Kier molecular flexibility index (Phi) is 5.43. The minimum Gasteiger partial charge on any atom is -0.469 e. The molecule has 0 aromatic carbocycles. The van der Waals surface area contributed by atoms with Crippen LogP contribution in [-0.2, 0) is 0 Å². The van der Waals surface area contributed by atoms with Crippen molar-refractivity contribution in [1.82, 2.24) is 14.8 Å². The fraction of sp³-hybridized carbons (Fsp3) is 0.524. The molecule has 0 aliphatic carbocycles. The van der Waals surface area contributed by atoms with E-state index in [4.69, 9.17) is 4.42 Å². The van der Waals surface area contributed by atoms with Gasteiger partial charge in [-0.15, -0.1) is 0 Å². The third kappa shape index (κ3) is 4.16. The average Bonchev–Trinajstić information content (AvgIpc) is 3.15. The summed E-state index contributed by atoms with van der Waals surface area (Å²) < 4.78 is 5.31. The van der Waals surface area contributed by atoms with Gasteiger partial charge in [-0.1, -0.05) is 6.07 Å². The molecule has 1 unspecified atom stereocenters. The van der Waals surface area contributed by atoms with Crippen LogP contribution in [0.25, 0.3) is 0 Å². The maximum absolute atomic E-state index is 12.8. The number of rotatable bonds is 4. The van der Waals surface area contributed by atoms with Crippen LogP contribution in [0.1, 0.15) is 29.0 Å². The van der Waals surface area contributed by atoms with Crippen molar-refractivity contribution in [2.45, 2.75) is 19.8 Å². The molecule has 4 heterocycles. The van der Waals surface area contributed by atoms with Crippen molar-refractivity contribution in [3.8, 4) is 0 Å². The summed E-state index contributed by atoms with van der Waals surface area (Å²) in [5.41, 5.74) is 0.708. The minimum absolute atomic E-state index is 0.117. The Labute approximate surface area is 160 Å². The lowest BCUT2D eigenvalue weighted by Gasteiger charge is -2.39. The van der Waals surface area contributed by atoms with Gasteiger partial charge in [0.1, 0.15) is 11.6 Å². The quantitative estimate of drug-likeness (QED) is 0.830. The third-order valence-electron chi connectivity index (χ3n) is 5.76. The highest BCUT2D eigenvalue weighted by Crippen LogP contribution is 2.22. The summed E-state index contributed by atoms with van der Waals surface area (Å²) in [6.07, 6.45) is 5.75. The van der Waals surface area contributed by atoms with E-state index in [1.165, 1.54) is 6.42 Å². The number of hydrogen-bond acceptors (Lipinski definition) is 5. The zero-order valence-electron chi connectivity index (χ0n) is 16.0. The Morgan fingerprint density at radius 3 is 2.74 bits per heavy atom. The van der Waals surface area contributed by atoms with Crippen molar-refractivity contribution in [2.75, 3.05) is 50.7 Å². The van der Waals surface area contributed by atoms with E-state index in [1.54, 1.807) is 12.3 Å². The van der Waals surface area contributed by atoms with Crippen molar-refractivity contribution >= 4 is 11.7 Å². The SMILES string of the molecule is Cc1occc1C(=O)N1CCCC(CN2CCN(c3ccccn3)CC2)C1. The molecule has 6 nitrogen and oxygen atoms in total. The molecule has 0 N–H and O–H groups in total. The van der Waals surface area contributed by atoms with E-state index in [2.05, 4.69) is 20.9 Å². The standard InChI is InChI=1S/C21H28N4O2/c1-17-19(7-14-27-17)21(26)25-9-4-5-18(16-25)15-23-10-12-24(13-11-23)20-6-2-3-8-22-20/h2-3,6-8,14,18H,4-5,9-13,15-16H2,1H3. The summed E-state index contributed by atoms with van der Waals surface area (Å²) in [5.74, 6) is 2.46. The first-order chi connectivity index (χ1) is 13.2. The number of piperazine rings is 1. The lowest BCUT2D eigenvalue weighted by atomic mass is 9.96. The number of amides is 1. The summed E-state index contributed by atoms with van der Waals surface area (Å²) in [4.78, 5) is 24.1. The number of piperidine rings is 1. The molecule has 2 aliphatic heterocycles. The lowest BCUT2D eigenvalue weighted by Crippen LogP contribution is -2.50. The van der Waals surface area contributed by atoms with Crippen LogP contribution in [0.15, 0.2) is 41.1 Å². The fourth-order valence-corrected chi connectivity index (χ4v) is 4.24. The molecule has 1 atom stereocenters. The van der Waals surface area contributed by atoms with E-state index < -0.39 is 0 Å². The second-order valence-corrected chi connectivity index (χ2v) is 7.63. The summed E-state index contributed by atoms with van der Waals surface area (Å²) >= 11 is 0. The Morgan fingerprint density at radius 2 is 2.04 bits per heavy atom. The highest BCUT2D eigenvalue weighted by atomic mass is 16.3. The number of pyridine rings is 1. The molecule has 0 bridgehead atoms. The normalized spacial score (nSPS) is 21.4.